The van der Waals surface area contributed by atoms with Crippen molar-refractivity contribution in [3.63, 3.8) is 0 Å². The number of aromatic hydroxyl groups is 2. The van der Waals surface area contributed by atoms with Crippen molar-refractivity contribution >= 4 is 5.95 Å². The van der Waals surface area contributed by atoms with E-state index in [1.54, 1.807) is 12.1 Å². The topological polar surface area (TPSA) is 95.2 Å². The van der Waals surface area contributed by atoms with E-state index in [1.165, 1.54) is 12.3 Å². The van der Waals surface area contributed by atoms with Crippen LogP contribution in [0.5, 0.6) is 11.5 Å². The third-order valence-corrected chi connectivity index (χ3v) is 1.90. The van der Waals surface area contributed by atoms with Crippen LogP contribution in [-0.4, -0.2) is 20.2 Å². The van der Waals surface area contributed by atoms with Crippen LogP contribution in [0.2, 0.25) is 0 Å². The van der Waals surface area contributed by atoms with Gasteiger partial charge in [-0.25, -0.2) is 4.98 Å². The highest BCUT2D eigenvalue weighted by Crippen LogP contribution is 2.35. The highest BCUT2D eigenvalue weighted by atomic mass is 16.3. The van der Waals surface area contributed by atoms with Crippen LogP contribution in [0.25, 0.3) is 11.3 Å². The maximum absolute atomic E-state index is 9.52. The van der Waals surface area contributed by atoms with Crippen molar-refractivity contribution < 1.29 is 10.2 Å². The number of nitrogens with one attached hydrogen (secondary N) is 1. The molecule has 1 heterocycles. The number of hydrogen-bond acceptors (Lipinski definition) is 4. The molecule has 1 aromatic carbocycles. The van der Waals surface area contributed by atoms with Gasteiger partial charge in [0.05, 0.1) is 11.9 Å². The largest absolute Gasteiger partial charge is 0.504 e. The molecule has 0 radical (unpaired) electrons. The Balaban J connectivity index is 2.57. The van der Waals surface area contributed by atoms with Gasteiger partial charge in [0.15, 0.2) is 17.4 Å². The number of H-pyrrole nitrogens is 1. The molecule has 0 saturated heterocycles. The van der Waals surface area contributed by atoms with Gasteiger partial charge in [0, 0.05) is 5.56 Å². The van der Waals surface area contributed by atoms with Crippen LogP contribution in [0.15, 0.2) is 24.4 Å². The number of imidazole rings is 1. The number of aromatic nitrogens is 2. The second kappa shape index (κ2) is 2.95. The highest BCUT2D eigenvalue weighted by Gasteiger charge is 2.09. The Kier molecular flexibility index (Phi) is 1.78. The zero-order valence-electron chi connectivity index (χ0n) is 7.23. The molecule has 0 amide bonds. The van der Waals surface area contributed by atoms with Gasteiger partial charge in [-0.1, -0.05) is 6.07 Å². The summed E-state index contributed by atoms with van der Waals surface area (Å²) >= 11 is 0. The molecule has 2 rings (SSSR count). The first-order valence-corrected chi connectivity index (χ1v) is 4.00. The molecule has 0 aliphatic carbocycles. The molecule has 5 N–H and O–H groups in total. The monoisotopic (exact) mass is 191 g/mol. The third-order valence-electron chi connectivity index (χ3n) is 1.90. The quantitative estimate of drug-likeness (QED) is 0.507. The molecule has 1 aromatic heterocycles. The normalized spacial score (nSPS) is 10.3. The Bertz CT molecular complexity index is 465. The van der Waals surface area contributed by atoms with Gasteiger partial charge in [-0.05, 0) is 12.1 Å². The molecule has 2 aromatic rings. The molecular weight excluding hydrogens is 182 g/mol. The van der Waals surface area contributed by atoms with E-state index in [0.717, 1.165) is 0 Å². The molecule has 0 aliphatic heterocycles. The Morgan fingerprint density at radius 2 is 2.07 bits per heavy atom. The maximum atomic E-state index is 9.52. The van der Waals surface area contributed by atoms with Crippen LogP contribution in [-0.2, 0) is 0 Å². The number of nitrogen functional groups attached to an aromatic ring is 1. The summed E-state index contributed by atoms with van der Waals surface area (Å²) in [4.78, 5) is 6.55. The lowest BCUT2D eigenvalue weighted by atomic mass is 10.1. The summed E-state index contributed by atoms with van der Waals surface area (Å²) in [5, 5.41) is 18.8. The van der Waals surface area contributed by atoms with Gasteiger partial charge in [-0.15, -0.1) is 0 Å². The number of aromatic amines is 1. The summed E-state index contributed by atoms with van der Waals surface area (Å²) in [6.45, 7) is 0. The van der Waals surface area contributed by atoms with Crippen molar-refractivity contribution in [1.82, 2.24) is 9.97 Å². The van der Waals surface area contributed by atoms with Gasteiger partial charge in [0.1, 0.15) is 0 Å². The summed E-state index contributed by atoms with van der Waals surface area (Å²) in [5.41, 5.74) is 6.43. The van der Waals surface area contributed by atoms with Crippen LogP contribution in [0.3, 0.4) is 0 Å². The van der Waals surface area contributed by atoms with Crippen molar-refractivity contribution in [2.75, 3.05) is 5.73 Å². The first kappa shape index (κ1) is 8.43. The first-order valence-electron chi connectivity index (χ1n) is 4.00. The first-order chi connectivity index (χ1) is 6.68. The van der Waals surface area contributed by atoms with Gasteiger partial charge < -0.3 is 20.9 Å². The number of phenolic OH excluding ortho intramolecular Hbond substituents is 2. The molecule has 0 saturated carbocycles. The van der Waals surface area contributed by atoms with Crippen LogP contribution in [0.1, 0.15) is 0 Å². The Labute approximate surface area is 79.8 Å². The Hall–Kier alpha value is -2.17. The van der Waals surface area contributed by atoms with E-state index < -0.39 is 0 Å². The predicted octanol–water partition coefficient (Wildman–Crippen LogP) is 1.07. The van der Waals surface area contributed by atoms with E-state index in [-0.39, 0.29) is 17.4 Å². The second-order valence-electron chi connectivity index (χ2n) is 2.86. The minimum Gasteiger partial charge on any atom is -0.504 e. The van der Waals surface area contributed by atoms with Crippen molar-refractivity contribution in [2.45, 2.75) is 0 Å². The average molecular weight is 191 g/mol. The average Bonchev–Trinajstić information content (AvgIpc) is 2.57. The maximum Gasteiger partial charge on any atom is 0.197 e. The number of para-hydroxylation sites is 1. The van der Waals surface area contributed by atoms with E-state index in [0.29, 0.717) is 11.3 Å². The summed E-state index contributed by atoms with van der Waals surface area (Å²) in [6.07, 6.45) is 1.49. The molecule has 0 spiro atoms. The second-order valence-corrected chi connectivity index (χ2v) is 2.86. The zero-order chi connectivity index (χ0) is 10.1. The molecule has 0 unspecified atom stereocenters. The van der Waals surface area contributed by atoms with Crippen molar-refractivity contribution in [1.29, 1.82) is 0 Å². The summed E-state index contributed by atoms with van der Waals surface area (Å²) in [6, 6.07) is 4.68. The predicted molar refractivity (Wildman–Crippen MR) is 51.8 cm³/mol. The van der Waals surface area contributed by atoms with E-state index in [4.69, 9.17) is 5.73 Å². The summed E-state index contributed by atoms with van der Waals surface area (Å²) < 4.78 is 0. The standard InChI is InChI=1S/C9H9N3O2/c10-9-11-4-6(12-9)5-2-1-3-7(13)8(5)14/h1-4,13-14H,(H3,10,11,12). The van der Waals surface area contributed by atoms with Crippen LogP contribution >= 0.6 is 0 Å². The van der Waals surface area contributed by atoms with Gasteiger partial charge in [-0.2, -0.15) is 0 Å². The lowest BCUT2D eigenvalue weighted by molar-refractivity contribution is 0.405. The molecule has 5 nitrogen and oxygen atoms in total. The van der Waals surface area contributed by atoms with Crippen molar-refractivity contribution in [3.8, 4) is 22.8 Å². The molecule has 72 valence electrons. The molecule has 5 heteroatoms. The van der Waals surface area contributed by atoms with Crippen LogP contribution < -0.4 is 5.73 Å². The van der Waals surface area contributed by atoms with Gasteiger partial charge >= 0.3 is 0 Å². The van der Waals surface area contributed by atoms with E-state index in [2.05, 4.69) is 9.97 Å². The van der Waals surface area contributed by atoms with Gasteiger partial charge in [0.2, 0.25) is 0 Å². The third kappa shape index (κ3) is 1.24. The molecule has 0 aliphatic rings. The minimum absolute atomic E-state index is 0.171. The minimum atomic E-state index is -0.184. The number of anilines is 1. The summed E-state index contributed by atoms with van der Waals surface area (Å²) in [5.74, 6) is -0.0884. The number of hydrogen-bond donors (Lipinski definition) is 4. The number of rotatable bonds is 1. The zero-order valence-corrected chi connectivity index (χ0v) is 7.23. The lowest BCUT2D eigenvalue weighted by Gasteiger charge is -2.02. The highest BCUT2D eigenvalue weighted by molar-refractivity contribution is 5.70. The van der Waals surface area contributed by atoms with E-state index in [1.807, 2.05) is 0 Å². The molecule has 0 fully saturated rings. The summed E-state index contributed by atoms with van der Waals surface area (Å²) in [7, 11) is 0. The van der Waals surface area contributed by atoms with Crippen molar-refractivity contribution in [2.24, 2.45) is 0 Å². The van der Waals surface area contributed by atoms with E-state index >= 15 is 0 Å². The molecule has 14 heavy (non-hydrogen) atoms. The Morgan fingerprint density at radius 1 is 1.29 bits per heavy atom. The van der Waals surface area contributed by atoms with Crippen molar-refractivity contribution in [3.05, 3.63) is 24.4 Å². The smallest absolute Gasteiger partial charge is 0.197 e. The fourth-order valence-corrected chi connectivity index (χ4v) is 1.22. The number of phenols is 2. The Morgan fingerprint density at radius 3 is 2.71 bits per heavy atom. The molecular formula is C9H9N3O2. The fourth-order valence-electron chi connectivity index (χ4n) is 1.22. The van der Waals surface area contributed by atoms with Gasteiger partial charge in [0.25, 0.3) is 0 Å². The van der Waals surface area contributed by atoms with E-state index in [9.17, 15) is 10.2 Å². The number of benzene rings is 1. The number of nitrogens with zero attached hydrogens (tertiary/aromatic N) is 1. The molecule has 0 atom stereocenters. The SMILES string of the molecule is Nc1ncc(-c2cccc(O)c2O)[nH]1. The molecule has 0 bridgehead atoms. The lowest BCUT2D eigenvalue weighted by Crippen LogP contribution is -1.85. The van der Waals surface area contributed by atoms with Crippen LogP contribution in [0, 0.1) is 0 Å². The fraction of sp³-hybridized carbons (Fsp3) is 0. The number of nitrogens with two attached hydrogens (primary N) is 1. The van der Waals surface area contributed by atoms with Crippen LogP contribution in [0.4, 0.5) is 5.95 Å². The van der Waals surface area contributed by atoms with Gasteiger partial charge in [-0.3, -0.25) is 0 Å².